The van der Waals surface area contributed by atoms with Gasteiger partial charge in [-0.25, -0.2) is 4.98 Å². The fourth-order valence-corrected chi connectivity index (χ4v) is 3.05. The lowest BCUT2D eigenvalue weighted by Crippen LogP contribution is -2.39. The smallest absolute Gasteiger partial charge is 0.246 e. The van der Waals surface area contributed by atoms with Crippen LogP contribution < -0.4 is 5.32 Å². The molecule has 1 aliphatic carbocycles. The predicted molar refractivity (Wildman–Crippen MR) is 105 cm³/mol. The van der Waals surface area contributed by atoms with Gasteiger partial charge >= 0.3 is 0 Å². The SMILES string of the molecule is CN=C(NCc1nc(C2CC2)no1)N(C)CCc1ncc(C)s1.I. The summed E-state index contributed by atoms with van der Waals surface area (Å²) in [6.07, 6.45) is 5.17. The summed E-state index contributed by atoms with van der Waals surface area (Å²) >= 11 is 1.74. The fourth-order valence-electron chi connectivity index (χ4n) is 2.27. The quantitative estimate of drug-likeness (QED) is 0.404. The highest BCUT2D eigenvalue weighted by atomic mass is 127. The molecule has 1 N–H and O–H groups in total. The second-order valence-corrected chi connectivity index (χ2v) is 7.08. The Labute approximate surface area is 163 Å². The average molecular weight is 462 g/mol. The maximum Gasteiger partial charge on any atom is 0.246 e. The maximum absolute atomic E-state index is 5.27. The summed E-state index contributed by atoms with van der Waals surface area (Å²) in [5, 5.41) is 8.43. The van der Waals surface area contributed by atoms with E-state index in [1.54, 1.807) is 18.4 Å². The van der Waals surface area contributed by atoms with Crippen molar-refractivity contribution >= 4 is 41.3 Å². The number of hydrogen-bond acceptors (Lipinski definition) is 6. The Kier molecular flexibility index (Phi) is 6.96. The van der Waals surface area contributed by atoms with E-state index in [-0.39, 0.29) is 24.0 Å². The minimum absolute atomic E-state index is 0. The van der Waals surface area contributed by atoms with Crippen molar-refractivity contribution in [2.75, 3.05) is 20.6 Å². The summed E-state index contributed by atoms with van der Waals surface area (Å²) in [5.74, 6) is 2.77. The Morgan fingerprint density at radius 1 is 1.50 bits per heavy atom. The second kappa shape index (κ2) is 8.75. The first-order chi connectivity index (χ1) is 11.2. The van der Waals surface area contributed by atoms with Crippen LogP contribution in [0, 0.1) is 6.92 Å². The maximum atomic E-state index is 5.27. The van der Waals surface area contributed by atoms with E-state index < -0.39 is 0 Å². The number of aliphatic imine (C=N–C) groups is 1. The molecule has 1 aliphatic rings. The largest absolute Gasteiger partial charge is 0.347 e. The Balaban J connectivity index is 0.00000208. The molecule has 132 valence electrons. The number of aromatic nitrogens is 3. The van der Waals surface area contributed by atoms with Crippen LogP contribution in [0.15, 0.2) is 15.7 Å². The third kappa shape index (κ3) is 5.13. The number of nitrogens with one attached hydrogen (secondary N) is 1. The molecule has 2 heterocycles. The molecule has 7 nitrogen and oxygen atoms in total. The minimum Gasteiger partial charge on any atom is -0.347 e. The molecule has 0 aromatic carbocycles. The summed E-state index contributed by atoms with van der Waals surface area (Å²) in [4.78, 5) is 16.4. The van der Waals surface area contributed by atoms with Crippen molar-refractivity contribution in [3.05, 3.63) is 27.8 Å². The van der Waals surface area contributed by atoms with Gasteiger partial charge in [-0.3, -0.25) is 4.99 Å². The standard InChI is InChI=1S/C15H22N6OS.HI/c1-10-8-17-13(23-10)6-7-21(3)15(16-2)18-9-12-19-14(20-22-12)11-4-5-11;/h8,11H,4-7,9H2,1-3H3,(H,16,18);1H. The number of hydrogen-bond donors (Lipinski definition) is 1. The van der Waals surface area contributed by atoms with Crippen LogP contribution in [0.25, 0.3) is 0 Å². The Morgan fingerprint density at radius 3 is 2.92 bits per heavy atom. The number of halogens is 1. The van der Waals surface area contributed by atoms with Crippen LogP contribution in [0.3, 0.4) is 0 Å². The van der Waals surface area contributed by atoms with Crippen LogP contribution in [-0.2, 0) is 13.0 Å². The van der Waals surface area contributed by atoms with Gasteiger partial charge in [-0.15, -0.1) is 35.3 Å². The van der Waals surface area contributed by atoms with Crippen molar-refractivity contribution in [1.82, 2.24) is 25.3 Å². The molecule has 0 atom stereocenters. The summed E-state index contributed by atoms with van der Waals surface area (Å²) in [7, 11) is 3.79. The van der Waals surface area contributed by atoms with Crippen LogP contribution in [0.2, 0.25) is 0 Å². The highest BCUT2D eigenvalue weighted by Crippen LogP contribution is 2.38. The van der Waals surface area contributed by atoms with Crippen LogP contribution >= 0.6 is 35.3 Å². The lowest BCUT2D eigenvalue weighted by molar-refractivity contribution is 0.367. The van der Waals surface area contributed by atoms with Gasteiger partial charge in [0.2, 0.25) is 5.89 Å². The lowest BCUT2D eigenvalue weighted by Gasteiger charge is -2.20. The summed E-state index contributed by atoms with van der Waals surface area (Å²) in [5.41, 5.74) is 0. The zero-order valence-electron chi connectivity index (χ0n) is 14.2. The molecular formula is C15H23IN6OS. The molecule has 3 rings (SSSR count). The molecule has 2 aromatic rings. The van der Waals surface area contributed by atoms with Crippen LogP contribution in [0.1, 0.15) is 40.4 Å². The fraction of sp³-hybridized carbons (Fsp3) is 0.600. The molecule has 24 heavy (non-hydrogen) atoms. The van der Waals surface area contributed by atoms with Crippen molar-refractivity contribution in [1.29, 1.82) is 0 Å². The third-order valence-electron chi connectivity index (χ3n) is 3.73. The first kappa shape index (κ1) is 19.1. The van der Waals surface area contributed by atoms with Crippen molar-refractivity contribution < 1.29 is 4.52 Å². The summed E-state index contributed by atoms with van der Waals surface area (Å²) in [6.45, 7) is 3.42. The molecule has 0 radical (unpaired) electrons. The molecule has 0 unspecified atom stereocenters. The Hall–Kier alpha value is -1.23. The molecule has 9 heteroatoms. The number of aryl methyl sites for hydroxylation is 1. The number of thiazole rings is 1. The highest BCUT2D eigenvalue weighted by Gasteiger charge is 2.28. The summed E-state index contributed by atoms with van der Waals surface area (Å²) < 4.78 is 5.27. The van der Waals surface area contributed by atoms with Gasteiger partial charge in [-0.2, -0.15) is 4.98 Å². The lowest BCUT2D eigenvalue weighted by atomic mass is 10.4. The third-order valence-corrected chi connectivity index (χ3v) is 4.70. The predicted octanol–water partition coefficient (Wildman–Crippen LogP) is 2.58. The van der Waals surface area contributed by atoms with Crippen molar-refractivity contribution in [2.24, 2.45) is 4.99 Å². The molecule has 0 saturated heterocycles. The van der Waals surface area contributed by atoms with Crippen LogP contribution in [0.5, 0.6) is 0 Å². The van der Waals surface area contributed by atoms with Gasteiger partial charge in [-0.05, 0) is 19.8 Å². The van der Waals surface area contributed by atoms with E-state index in [2.05, 4.69) is 37.3 Å². The van der Waals surface area contributed by atoms with E-state index in [1.807, 2.05) is 13.2 Å². The van der Waals surface area contributed by atoms with Gasteiger partial charge in [-0.1, -0.05) is 5.16 Å². The van der Waals surface area contributed by atoms with E-state index in [9.17, 15) is 0 Å². The molecule has 2 aromatic heterocycles. The molecule has 0 aliphatic heterocycles. The normalized spacial score (nSPS) is 14.4. The van der Waals surface area contributed by atoms with E-state index in [0.29, 0.717) is 18.4 Å². The zero-order valence-corrected chi connectivity index (χ0v) is 17.3. The number of likely N-dealkylation sites (N-methyl/N-ethyl adjacent to an activating group) is 1. The molecule has 0 spiro atoms. The first-order valence-electron chi connectivity index (χ1n) is 7.81. The van der Waals surface area contributed by atoms with Crippen molar-refractivity contribution in [3.8, 4) is 0 Å². The second-order valence-electron chi connectivity index (χ2n) is 5.76. The van der Waals surface area contributed by atoms with E-state index in [1.165, 1.54) is 17.7 Å². The van der Waals surface area contributed by atoms with Gasteiger partial charge in [0.05, 0.1) is 11.6 Å². The molecule has 1 saturated carbocycles. The van der Waals surface area contributed by atoms with Gasteiger partial charge in [0, 0.05) is 44.1 Å². The zero-order chi connectivity index (χ0) is 16.2. The molecule has 1 fully saturated rings. The molecule has 0 amide bonds. The average Bonchev–Trinajstić information content (AvgIpc) is 3.14. The van der Waals surface area contributed by atoms with E-state index in [0.717, 1.165) is 29.8 Å². The van der Waals surface area contributed by atoms with Crippen molar-refractivity contribution in [2.45, 2.75) is 38.6 Å². The number of rotatable bonds is 6. The Morgan fingerprint density at radius 2 is 2.29 bits per heavy atom. The number of guanidine groups is 1. The van der Waals surface area contributed by atoms with Gasteiger partial charge in [0.25, 0.3) is 0 Å². The molecule has 0 bridgehead atoms. The van der Waals surface area contributed by atoms with E-state index >= 15 is 0 Å². The summed E-state index contributed by atoms with van der Waals surface area (Å²) in [6, 6.07) is 0. The molecular weight excluding hydrogens is 439 g/mol. The van der Waals surface area contributed by atoms with E-state index in [4.69, 9.17) is 4.52 Å². The topological polar surface area (TPSA) is 79.4 Å². The van der Waals surface area contributed by atoms with Crippen LogP contribution in [0.4, 0.5) is 0 Å². The van der Waals surface area contributed by atoms with Gasteiger partial charge in [0.1, 0.15) is 0 Å². The monoisotopic (exact) mass is 462 g/mol. The number of nitrogens with zero attached hydrogens (tertiary/aromatic N) is 5. The van der Waals surface area contributed by atoms with Gasteiger partial charge < -0.3 is 14.7 Å². The van der Waals surface area contributed by atoms with Crippen molar-refractivity contribution in [3.63, 3.8) is 0 Å². The Bertz CT molecular complexity index is 681. The minimum atomic E-state index is 0. The first-order valence-corrected chi connectivity index (χ1v) is 8.63. The van der Waals surface area contributed by atoms with Crippen LogP contribution in [-0.4, -0.2) is 46.6 Å². The highest BCUT2D eigenvalue weighted by molar-refractivity contribution is 14.0. The van der Waals surface area contributed by atoms with Gasteiger partial charge in [0.15, 0.2) is 11.8 Å².